The summed E-state index contributed by atoms with van der Waals surface area (Å²) in [5.41, 5.74) is 7.26. The van der Waals surface area contributed by atoms with E-state index < -0.39 is 0 Å². The van der Waals surface area contributed by atoms with E-state index >= 15 is 0 Å². The van der Waals surface area contributed by atoms with Gasteiger partial charge in [-0.3, -0.25) is 4.57 Å². The molecule has 0 N–H and O–H groups in total. The lowest BCUT2D eigenvalue weighted by molar-refractivity contribution is 0.483. The van der Waals surface area contributed by atoms with Gasteiger partial charge < -0.3 is 14.5 Å². The van der Waals surface area contributed by atoms with Crippen molar-refractivity contribution in [1.82, 2.24) is 9.55 Å². The zero-order valence-electron chi connectivity index (χ0n) is 24.2. The predicted octanol–water partition coefficient (Wildman–Crippen LogP) is 8.69. The fourth-order valence-electron chi connectivity index (χ4n) is 5.79. The van der Waals surface area contributed by atoms with Crippen LogP contribution in [0.1, 0.15) is 31.9 Å². The topological polar surface area (TPSA) is 57.3 Å². The SMILES string of the molecule is CN1CN(c2cccc(Oc3ccc4c5cc(C#N)ccc5n(-c5ccc(C(C)(C)C)cn5)c4c3)c2)c2ccccc21. The zero-order valence-corrected chi connectivity index (χ0v) is 24.2. The lowest BCUT2D eigenvalue weighted by Crippen LogP contribution is -2.23. The van der Waals surface area contributed by atoms with E-state index in [9.17, 15) is 5.26 Å². The van der Waals surface area contributed by atoms with Crippen molar-refractivity contribution in [3.05, 3.63) is 114 Å². The largest absolute Gasteiger partial charge is 0.457 e. The number of hydrogen-bond acceptors (Lipinski definition) is 5. The number of nitriles is 1. The third kappa shape index (κ3) is 4.31. The van der Waals surface area contributed by atoms with Crippen LogP contribution in [0.25, 0.3) is 27.6 Å². The molecule has 1 aliphatic heterocycles. The molecule has 0 aliphatic carbocycles. The summed E-state index contributed by atoms with van der Waals surface area (Å²) >= 11 is 0. The van der Waals surface area contributed by atoms with E-state index in [0.717, 1.165) is 51.5 Å². The number of para-hydroxylation sites is 2. The first-order valence-corrected chi connectivity index (χ1v) is 14.1. The second-order valence-corrected chi connectivity index (χ2v) is 11.9. The van der Waals surface area contributed by atoms with Gasteiger partial charge in [0, 0.05) is 41.8 Å². The van der Waals surface area contributed by atoms with Crippen LogP contribution in [0, 0.1) is 11.3 Å². The van der Waals surface area contributed by atoms with Crippen molar-refractivity contribution in [2.45, 2.75) is 26.2 Å². The Morgan fingerprint density at radius 3 is 2.36 bits per heavy atom. The molecule has 0 atom stereocenters. The summed E-state index contributed by atoms with van der Waals surface area (Å²) in [5.74, 6) is 2.32. The Morgan fingerprint density at radius 1 is 0.786 bits per heavy atom. The van der Waals surface area contributed by atoms with Gasteiger partial charge in [-0.2, -0.15) is 5.26 Å². The second-order valence-electron chi connectivity index (χ2n) is 11.9. The highest BCUT2D eigenvalue weighted by molar-refractivity contribution is 6.10. The van der Waals surface area contributed by atoms with Crippen LogP contribution in [0.3, 0.4) is 0 Å². The first-order chi connectivity index (χ1) is 20.3. The summed E-state index contributed by atoms with van der Waals surface area (Å²) in [6, 6.07) is 35.1. The minimum Gasteiger partial charge on any atom is -0.457 e. The van der Waals surface area contributed by atoms with E-state index in [2.05, 4.69) is 109 Å². The van der Waals surface area contributed by atoms with Crippen molar-refractivity contribution in [1.29, 1.82) is 5.26 Å². The van der Waals surface area contributed by atoms with Crippen molar-refractivity contribution in [2.75, 3.05) is 23.5 Å². The van der Waals surface area contributed by atoms with Gasteiger partial charge in [-0.25, -0.2) is 4.98 Å². The van der Waals surface area contributed by atoms with Gasteiger partial charge in [0.1, 0.15) is 17.3 Å². The van der Waals surface area contributed by atoms with Gasteiger partial charge in [-0.1, -0.05) is 45.0 Å². The lowest BCUT2D eigenvalue weighted by Gasteiger charge is -2.20. The summed E-state index contributed by atoms with van der Waals surface area (Å²) in [6.45, 7) is 7.34. The summed E-state index contributed by atoms with van der Waals surface area (Å²) < 4.78 is 8.62. The molecular formula is C36H31N5O. The highest BCUT2D eigenvalue weighted by Gasteiger charge is 2.24. The molecule has 4 aromatic carbocycles. The van der Waals surface area contributed by atoms with Gasteiger partial charge in [-0.15, -0.1) is 0 Å². The second kappa shape index (κ2) is 9.67. The molecule has 0 fully saturated rings. The predicted molar refractivity (Wildman–Crippen MR) is 170 cm³/mol. The van der Waals surface area contributed by atoms with E-state index in [1.54, 1.807) is 0 Å². The van der Waals surface area contributed by atoms with E-state index in [4.69, 9.17) is 9.72 Å². The Hall–Kier alpha value is -5.28. The van der Waals surface area contributed by atoms with Crippen molar-refractivity contribution < 1.29 is 4.74 Å². The Morgan fingerprint density at radius 2 is 1.60 bits per heavy atom. The lowest BCUT2D eigenvalue weighted by atomic mass is 9.88. The third-order valence-corrected chi connectivity index (χ3v) is 8.01. The summed E-state index contributed by atoms with van der Waals surface area (Å²) in [6.07, 6.45) is 1.95. The standard InChI is InChI=1S/C36H31N5O/c1-36(2,3)25-13-17-35(38-22-25)41-31-16-12-24(21-37)18-30(31)29-15-14-28(20-34(29)41)42-27-9-7-8-26(19-27)40-23-39(4)32-10-5-6-11-33(32)40/h5-20,22H,23H2,1-4H3. The van der Waals surface area contributed by atoms with E-state index in [-0.39, 0.29) is 5.41 Å². The zero-order chi connectivity index (χ0) is 29.0. The third-order valence-electron chi connectivity index (χ3n) is 8.01. The fraction of sp³-hybridized carbons (Fsp3) is 0.167. The highest BCUT2D eigenvalue weighted by atomic mass is 16.5. The van der Waals surface area contributed by atoms with E-state index in [1.165, 1.54) is 16.9 Å². The first kappa shape index (κ1) is 25.7. The van der Waals surface area contributed by atoms with Crippen molar-refractivity contribution in [3.63, 3.8) is 0 Å². The number of benzene rings is 4. The number of ether oxygens (including phenoxy) is 1. The molecule has 42 heavy (non-hydrogen) atoms. The highest BCUT2D eigenvalue weighted by Crippen LogP contribution is 2.41. The maximum absolute atomic E-state index is 9.58. The van der Waals surface area contributed by atoms with Crippen LogP contribution < -0.4 is 14.5 Å². The van der Waals surface area contributed by atoms with Crippen molar-refractivity contribution in [3.8, 4) is 23.4 Å². The van der Waals surface area contributed by atoms with Crippen LogP contribution in [0.4, 0.5) is 17.1 Å². The quantitative estimate of drug-likeness (QED) is 0.220. The molecule has 206 valence electrons. The number of hydrogen-bond donors (Lipinski definition) is 0. The minimum absolute atomic E-state index is 0.0101. The molecule has 6 heteroatoms. The molecule has 0 bridgehead atoms. The molecule has 0 radical (unpaired) electrons. The molecule has 6 aromatic rings. The maximum atomic E-state index is 9.58. The molecule has 1 aliphatic rings. The van der Waals surface area contributed by atoms with Crippen LogP contribution >= 0.6 is 0 Å². The molecule has 0 saturated heterocycles. The Bertz CT molecular complexity index is 2010. The van der Waals surface area contributed by atoms with Gasteiger partial charge in [0.2, 0.25) is 0 Å². The van der Waals surface area contributed by atoms with E-state index in [1.807, 2.05) is 42.6 Å². The van der Waals surface area contributed by atoms with Gasteiger partial charge in [0.25, 0.3) is 0 Å². The van der Waals surface area contributed by atoms with Crippen molar-refractivity contribution in [2.24, 2.45) is 0 Å². The monoisotopic (exact) mass is 549 g/mol. The van der Waals surface area contributed by atoms with E-state index in [0.29, 0.717) is 5.56 Å². The smallest absolute Gasteiger partial charge is 0.137 e. The molecule has 0 amide bonds. The van der Waals surface area contributed by atoms with Crippen LogP contribution in [0.5, 0.6) is 11.5 Å². The molecule has 6 nitrogen and oxygen atoms in total. The summed E-state index contributed by atoms with van der Waals surface area (Å²) in [7, 11) is 2.11. The average Bonchev–Trinajstić information content (AvgIpc) is 3.51. The molecule has 0 saturated carbocycles. The van der Waals surface area contributed by atoms with Crippen LogP contribution in [-0.4, -0.2) is 23.3 Å². The van der Waals surface area contributed by atoms with Gasteiger partial charge in [-0.05, 0) is 71.6 Å². The normalized spacial score (nSPS) is 13.0. The number of aromatic nitrogens is 2. The Labute approximate surface area is 245 Å². The molecular weight excluding hydrogens is 518 g/mol. The van der Waals surface area contributed by atoms with Crippen molar-refractivity contribution >= 4 is 38.9 Å². The van der Waals surface area contributed by atoms with Gasteiger partial charge in [0.05, 0.1) is 40.7 Å². The maximum Gasteiger partial charge on any atom is 0.137 e. The molecule has 0 spiro atoms. The van der Waals surface area contributed by atoms with Crippen LogP contribution in [0.2, 0.25) is 0 Å². The number of rotatable bonds is 4. The number of fused-ring (bicyclic) bond motifs is 4. The van der Waals surface area contributed by atoms with Gasteiger partial charge in [0.15, 0.2) is 0 Å². The average molecular weight is 550 g/mol. The Kier molecular flexibility index (Phi) is 5.91. The van der Waals surface area contributed by atoms with Gasteiger partial charge >= 0.3 is 0 Å². The Balaban J connectivity index is 1.30. The molecule has 3 heterocycles. The van der Waals surface area contributed by atoms with Crippen LogP contribution in [-0.2, 0) is 5.41 Å². The number of anilines is 3. The summed E-state index contributed by atoms with van der Waals surface area (Å²) in [5, 5.41) is 11.6. The minimum atomic E-state index is 0.0101. The molecule has 7 rings (SSSR count). The molecule has 0 unspecified atom stereocenters. The molecule has 2 aromatic heterocycles. The number of pyridine rings is 1. The first-order valence-electron chi connectivity index (χ1n) is 14.1. The fourth-order valence-corrected chi connectivity index (χ4v) is 5.79. The van der Waals surface area contributed by atoms with Crippen LogP contribution in [0.15, 0.2) is 103 Å². The number of nitrogens with zero attached hydrogens (tertiary/aromatic N) is 5. The summed E-state index contributed by atoms with van der Waals surface area (Å²) in [4.78, 5) is 9.41.